The van der Waals surface area contributed by atoms with Gasteiger partial charge in [-0.25, -0.2) is 0 Å². The number of rotatable bonds is 10. The predicted molar refractivity (Wildman–Crippen MR) is 86.7 cm³/mol. The summed E-state index contributed by atoms with van der Waals surface area (Å²) >= 11 is 0. The monoisotopic (exact) mass is 269 g/mol. The van der Waals surface area contributed by atoms with E-state index in [1.165, 1.54) is 0 Å². The van der Waals surface area contributed by atoms with Crippen LogP contribution in [0.1, 0.15) is 11.6 Å². The van der Waals surface area contributed by atoms with Gasteiger partial charge in [-0.3, -0.25) is 0 Å². The van der Waals surface area contributed by atoms with E-state index in [1.807, 2.05) is 24.3 Å². The minimum Gasteiger partial charge on any atom is -0.361 e. The fraction of sp³-hybridized carbons (Fsp3) is 0.222. The molecule has 0 aliphatic carbocycles. The third-order valence-corrected chi connectivity index (χ3v) is 3.14. The molecule has 0 fully saturated rings. The summed E-state index contributed by atoms with van der Waals surface area (Å²) < 4.78 is 5.94. The quantitative estimate of drug-likeness (QED) is 0.652. The molecule has 1 rings (SSSR count). The van der Waals surface area contributed by atoms with Gasteiger partial charge >= 0.3 is 0 Å². The van der Waals surface area contributed by atoms with E-state index in [2.05, 4.69) is 43.8 Å². The van der Waals surface area contributed by atoms with Crippen LogP contribution in [0, 0.1) is 0 Å². The van der Waals surface area contributed by atoms with Gasteiger partial charge in [0.25, 0.3) is 0 Å². The molecule has 1 aromatic rings. The van der Waals surface area contributed by atoms with Crippen molar-refractivity contribution < 1.29 is 4.74 Å². The van der Waals surface area contributed by atoms with Crippen LogP contribution < -0.4 is 5.32 Å². The Kier molecular flexibility index (Phi) is 6.71. The van der Waals surface area contributed by atoms with Crippen LogP contribution in [-0.2, 0) is 4.74 Å². The molecule has 0 bridgehead atoms. The first-order chi connectivity index (χ1) is 9.74. The lowest BCUT2D eigenvalue weighted by Gasteiger charge is -2.36. The predicted octanol–water partition coefficient (Wildman–Crippen LogP) is 3.82. The number of ether oxygens (including phenoxy) is 1. The van der Waals surface area contributed by atoms with E-state index in [1.54, 1.807) is 18.2 Å². The van der Waals surface area contributed by atoms with Crippen molar-refractivity contribution in [2.24, 2.45) is 0 Å². The van der Waals surface area contributed by atoms with Crippen LogP contribution >= 0.6 is 0 Å². The van der Waals surface area contributed by atoms with Crippen molar-refractivity contribution in [1.29, 1.82) is 0 Å². The standard InChI is InChI=1S/C18H23NO/c1-5-14-19-17(16-12-10-9-11-13-16)18(7-3,8-4)20-15-6-2/h5-13,17,19H,1-4,14-15H2. The van der Waals surface area contributed by atoms with Gasteiger partial charge in [-0.05, 0) is 5.56 Å². The van der Waals surface area contributed by atoms with Gasteiger partial charge in [0.05, 0.1) is 12.6 Å². The summed E-state index contributed by atoms with van der Waals surface area (Å²) in [5.74, 6) is 0. The van der Waals surface area contributed by atoms with Gasteiger partial charge in [0.1, 0.15) is 5.60 Å². The van der Waals surface area contributed by atoms with E-state index >= 15 is 0 Å². The van der Waals surface area contributed by atoms with Crippen molar-refractivity contribution in [3.63, 3.8) is 0 Å². The summed E-state index contributed by atoms with van der Waals surface area (Å²) in [6.45, 7) is 16.4. The highest BCUT2D eigenvalue weighted by Crippen LogP contribution is 2.32. The molecular weight excluding hydrogens is 246 g/mol. The minimum absolute atomic E-state index is 0.0864. The molecule has 20 heavy (non-hydrogen) atoms. The zero-order valence-corrected chi connectivity index (χ0v) is 11.9. The van der Waals surface area contributed by atoms with Crippen LogP contribution in [-0.4, -0.2) is 18.8 Å². The molecule has 2 nitrogen and oxygen atoms in total. The van der Waals surface area contributed by atoms with Gasteiger partial charge in [0.15, 0.2) is 0 Å². The van der Waals surface area contributed by atoms with Crippen LogP contribution in [0.25, 0.3) is 0 Å². The molecule has 0 aliphatic heterocycles. The largest absolute Gasteiger partial charge is 0.361 e. The normalized spacial score (nSPS) is 12.4. The number of nitrogens with one attached hydrogen (secondary N) is 1. The highest BCUT2D eigenvalue weighted by molar-refractivity contribution is 5.29. The Hall–Kier alpha value is -1.90. The fourth-order valence-electron chi connectivity index (χ4n) is 2.11. The summed E-state index contributed by atoms with van der Waals surface area (Å²) in [6, 6.07) is 10.0. The topological polar surface area (TPSA) is 21.3 Å². The van der Waals surface area contributed by atoms with E-state index in [9.17, 15) is 0 Å². The zero-order valence-electron chi connectivity index (χ0n) is 11.9. The van der Waals surface area contributed by atoms with E-state index in [0.29, 0.717) is 13.2 Å². The van der Waals surface area contributed by atoms with E-state index in [-0.39, 0.29) is 6.04 Å². The van der Waals surface area contributed by atoms with Gasteiger partial charge in [0, 0.05) is 6.54 Å². The van der Waals surface area contributed by atoms with Gasteiger partial charge in [-0.15, -0.1) is 13.2 Å². The van der Waals surface area contributed by atoms with E-state index in [4.69, 9.17) is 4.74 Å². The van der Waals surface area contributed by atoms with Crippen LogP contribution in [0.2, 0.25) is 0 Å². The Bertz CT molecular complexity index is 442. The molecule has 0 spiro atoms. The molecule has 1 unspecified atom stereocenters. The second-order valence-corrected chi connectivity index (χ2v) is 4.40. The number of hydrogen-bond donors (Lipinski definition) is 1. The average molecular weight is 269 g/mol. The third-order valence-electron chi connectivity index (χ3n) is 3.14. The van der Waals surface area contributed by atoms with Crippen molar-refractivity contribution in [1.82, 2.24) is 5.32 Å². The Morgan fingerprint density at radius 2 is 1.70 bits per heavy atom. The van der Waals surface area contributed by atoms with E-state index < -0.39 is 5.60 Å². The molecular formula is C18H23NO. The van der Waals surface area contributed by atoms with Crippen molar-refractivity contribution in [3.05, 3.63) is 86.5 Å². The summed E-state index contributed by atoms with van der Waals surface area (Å²) in [7, 11) is 0. The molecule has 0 saturated heterocycles. The fourth-order valence-corrected chi connectivity index (χ4v) is 2.11. The summed E-state index contributed by atoms with van der Waals surface area (Å²) in [5.41, 5.74) is 0.414. The Morgan fingerprint density at radius 1 is 1.05 bits per heavy atom. The van der Waals surface area contributed by atoms with Crippen LogP contribution in [0.4, 0.5) is 0 Å². The average Bonchev–Trinajstić information content (AvgIpc) is 2.52. The van der Waals surface area contributed by atoms with Gasteiger partial charge in [0.2, 0.25) is 0 Å². The zero-order chi connectivity index (χ0) is 14.8. The Morgan fingerprint density at radius 3 is 2.20 bits per heavy atom. The van der Waals surface area contributed by atoms with Crippen molar-refractivity contribution >= 4 is 0 Å². The molecule has 2 heteroatoms. The van der Waals surface area contributed by atoms with Crippen LogP contribution in [0.5, 0.6) is 0 Å². The maximum absolute atomic E-state index is 5.94. The first-order valence-electron chi connectivity index (χ1n) is 6.65. The van der Waals surface area contributed by atoms with Crippen molar-refractivity contribution in [2.45, 2.75) is 11.6 Å². The van der Waals surface area contributed by atoms with Crippen LogP contribution in [0.3, 0.4) is 0 Å². The first kappa shape index (κ1) is 16.2. The molecule has 0 saturated carbocycles. The highest BCUT2D eigenvalue weighted by atomic mass is 16.5. The molecule has 0 amide bonds. The van der Waals surface area contributed by atoms with Gasteiger partial charge in [-0.2, -0.15) is 0 Å². The second-order valence-electron chi connectivity index (χ2n) is 4.40. The number of benzene rings is 1. The Labute approximate surface area is 122 Å². The molecule has 1 atom stereocenters. The van der Waals surface area contributed by atoms with Crippen molar-refractivity contribution in [2.75, 3.05) is 13.2 Å². The van der Waals surface area contributed by atoms with Gasteiger partial charge < -0.3 is 10.1 Å². The summed E-state index contributed by atoms with van der Waals surface area (Å²) in [4.78, 5) is 0. The smallest absolute Gasteiger partial charge is 0.124 e. The molecule has 1 aromatic carbocycles. The Balaban J connectivity index is 3.16. The van der Waals surface area contributed by atoms with Crippen molar-refractivity contribution in [3.8, 4) is 0 Å². The highest BCUT2D eigenvalue weighted by Gasteiger charge is 2.34. The molecule has 1 N–H and O–H groups in total. The molecule has 0 aromatic heterocycles. The summed E-state index contributed by atoms with van der Waals surface area (Å²) in [5, 5.41) is 3.42. The lowest BCUT2D eigenvalue weighted by atomic mass is 9.88. The maximum atomic E-state index is 5.94. The SMILES string of the molecule is C=CCNC(c1ccccc1)C(C=C)(C=C)OCC=C. The minimum atomic E-state index is -0.696. The number of hydrogen-bond acceptors (Lipinski definition) is 2. The molecule has 106 valence electrons. The first-order valence-corrected chi connectivity index (χ1v) is 6.65. The molecule has 0 radical (unpaired) electrons. The van der Waals surface area contributed by atoms with Crippen LogP contribution in [0.15, 0.2) is 81.0 Å². The lowest BCUT2D eigenvalue weighted by Crippen LogP contribution is -2.43. The maximum Gasteiger partial charge on any atom is 0.124 e. The molecule has 0 heterocycles. The van der Waals surface area contributed by atoms with E-state index in [0.717, 1.165) is 5.56 Å². The molecule has 0 aliphatic rings. The summed E-state index contributed by atoms with van der Waals surface area (Å²) in [6.07, 6.45) is 7.09. The third kappa shape index (κ3) is 3.80. The lowest BCUT2D eigenvalue weighted by molar-refractivity contribution is 0.0173. The van der Waals surface area contributed by atoms with Gasteiger partial charge in [-0.1, -0.05) is 67.8 Å². The second kappa shape index (κ2) is 8.31.